The summed E-state index contributed by atoms with van der Waals surface area (Å²) in [4.78, 5) is 0. The summed E-state index contributed by atoms with van der Waals surface area (Å²) in [5, 5.41) is 3.59. The van der Waals surface area contributed by atoms with Crippen LogP contribution in [0, 0.1) is 5.92 Å². The van der Waals surface area contributed by atoms with Gasteiger partial charge in [-0.3, -0.25) is 0 Å². The molecule has 1 saturated heterocycles. The number of anilines is 1. The van der Waals surface area contributed by atoms with Crippen molar-refractivity contribution in [3.63, 3.8) is 0 Å². The molecule has 0 atom stereocenters. The molecule has 0 saturated carbocycles. The molecule has 1 aliphatic rings. The summed E-state index contributed by atoms with van der Waals surface area (Å²) in [7, 11) is 0. The summed E-state index contributed by atoms with van der Waals surface area (Å²) < 4.78 is 35.1. The van der Waals surface area contributed by atoms with Gasteiger partial charge >= 0.3 is 6.61 Å². The molecule has 20 heavy (non-hydrogen) atoms. The molecule has 7 heteroatoms. The van der Waals surface area contributed by atoms with Gasteiger partial charge in [0.1, 0.15) is 0 Å². The van der Waals surface area contributed by atoms with Crippen LogP contribution < -0.4 is 10.1 Å². The minimum Gasteiger partial charge on any atom is -0.431 e. The van der Waals surface area contributed by atoms with Crippen LogP contribution in [-0.2, 0) is 4.74 Å². The number of rotatable bonds is 5. The van der Waals surface area contributed by atoms with Gasteiger partial charge in [0.2, 0.25) is 0 Å². The molecule has 0 amide bonds. The molecular weight excluding hydrogens is 356 g/mol. The lowest BCUT2D eigenvalue weighted by Gasteiger charge is -2.23. The van der Waals surface area contributed by atoms with E-state index >= 15 is 0 Å². The Morgan fingerprint density at radius 1 is 1.40 bits per heavy atom. The molecule has 0 spiro atoms. The van der Waals surface area contributed by atoms with Gasteiger partial charge in [0.15, 0.2) is 5.75 Å². The standard InChI is InChI=1S/C13H15BrClF2NO2/c14-10-5-9(15)6-11(12(10)20-13(16)17)18-7-8-1-3-19-4-2-8/h5-6,8,13,18H,1-4,7H2. The van der Waals surface area contributed by atoms with E-state index < -0.39 is 6.61 Å². The van der Waals surface area contributed by atoms with E-state index in [4.69, 9.17) is 16.3 Å². The minimum absolute atomic E-state index is 0.0801. The largest absolute Gasteiger partial charge is 0.431 e. The second-order valence-electron chi connectivity index (χ2n) is 4.58. The van der Waals surface area contributed by atoms with Crippen molar-refractivity contribution in [1.82, 2.24) is 0 Å². The summed E-state index contributed by atoms with van der Waals surface area (Å²) in [5.74, 6) is 0.539. The van der Waals surface area contributed by atoms with Crippen LogP contribution in [0.25, 0.3) is 0 Å². The summed E-state index contributed by atoms with van der Waals surface area (Å²) >= 11 is 9.14. The quantitative estimate of drug-likeness (QED) is 0.825. The van der Waals surface area contributed by atoms with Gasteiger partial charge in [-0.1, -0.05) is 11.6 Å². The summed E-state index contributed by atoms with van der Waals surface area (Å²) in [6, 6.07) is 3.11. The number of alkyl halides is 2. The van der Waals surface area contributed by atoms with Crippen LogP contribution in [0.3, 0.4) is 0 Å². The molecule has 2 rings (SSSR count). The Hall–Kier alpha value is -0.590. The van der Waals surface area contributed by atoms with Gasteiger partial charge in [0.25, 0.3) is 0 Å². The Morgan fingerprint density at radius 2 is 2.10 bits per heavy atom. The summed E-state index contributed by atoms with van der Waals surface area (Å²) in [6.07, 6.45) is 1.92. The van der Waals surface area contributed by atoms with Crippen molar-refractivity contribution >= 4 is 33.2 Å². The Labute approximate surface area is 129 Å². The summed E-state index contributed by atoms with van der Waals surface area (Å²) in [5.41, 5.74) is 0.469. The summed E-state index contributed by atoms with van der Waals surface area (Å²) in [6.45, 7) is -0.718. The molecule has 0 aromatic heterocycles. The van der Waals surface area contributed by atoms with Crippen molar-refractivity contribution in [1.29, 1.82) is 0 Å². The SMILES string of the molecule is FC(F)Oc1c(Br)cc(Cl)cc1NCC1CCOCC1. The first-order valence-corrected chi connectivity index (χ1v) is 7.49. The number of ether oxygens (including phenoxy) is 2. The fourth-order valence-corrected chi connectivity index (χ4v) is 3.01. The predicted molar refractivity (Wildman–Crippen MR) is 77.8 cm³/mol. The van der Waals surface area contributed by atoms with Crippen molar-refractivity contribution in [2.45, 2.75) is 19.5 Å². The second kappa shape index (κ2) is 7.43. The number of halogens is 4. The van der Waals surface area contributed by atoms with E-state index in [0.29, 0.717) is 27.6 Å². The van der Waals surface area contributed by atoms with Gasteiger partial charge in [-0.25, -0.2) is 0 Å². The Kier molecular flexibility index (Phi) is 5.86. The van der Waals surface area contributed by atoms with Crippen molar-refractivity contribution < 1.29 is 18.3 Å². The number of hydrogen-bond donors (Lipinski definition) is 1. The van der Waals surface area contributed by atoms with Crippen molar-refractivity contribution in [3.8, 4) is 5.75 Å². The van der Waals surface area contributed by atoms with Gasteiger partial charge in [0.05, 0.1) is 10.2 Å². The van der Waals surface area contributed by atoms with E-state index in [1.165, 1.54) is 6.07 Å². The molecule has 1 aromatic rings. The third-order valence-electron chi connectivity index (χ3n) is 3.14. The lowest BCUT2D eigenvalue weighted by Crippen LogP contribution is -2.23. The molecule has 0 radical (unpaired) electrons. The lowest BCUT2D eigenvalue weighted by molar-refractivity contribution is -0.0498. The van der Waals surface area contributed by atoms with Crippen LogP contribution in [-0.4, -0.2) is 26.4 Å². The highest BCUT2D eigenvalue weighted by molar-refractivity contribution is 9.10. The zero-order valence-electron chi connectivity index (χ0n) is 10.7. The molecule has 0 aliphatic carbocycles. The Balaban J connectivity index is 2.08. The molecule has 1 N–H and O–H groups in total. The van der Waals surface area contributed by atoms with Crippen LogP contribution in [0.1, 0.15) is 12.8 Å². The first kappa shape index (κ1) is 15.8. The van der Waals surface area contributed by atoms with Gasteiger partial charge < -0.3 is 14.8 Å². The molecule has 3 nitrogen and oxygen atoms in total. The van der Waals surface area contributed by atoms with Crippen LogP contribution >= 0.6 is 27.5 Å². The van der Waals surface area contributed by atoms with Crippen molar-refractivity contribution in [3.05, 3.63) is 21.6 Å². The maximum Gasteiger partial charge on any atom is 0.387 e. The van der Waals surface area contributed by atoms with Crippen LogP contribution in [0.15, 0.2) is 16.6 Å². The normalized spacial score (nSPS) is 16.4. The van der Waals surface area contributed by atoms with Crippen LogP contribution in [0.4, 0.5) is 14.5 Å². The van der Waals surface area contributed by atoms with Crippen LogP contribution in [0.5, 0.6) is 5.75 Å². The first-order chi connectivity index (χ1) is 9.56. The molecule has 1 heterocycles. The molecular formula is C13H15BrClF2NO2. The molecule has 0 bridgehead atoms. The Bertz CT molecular complexity index is 456. The van der Waals surface area contributed by atoms with Crippen LogP contribution in [0.2, 0.25) is 5.02 Å². The molecule has 0 unspecified atom stereocenters. The fourth-order valence-electron chi connectivity index (χ4n) is 2.11. The molecule has 112 valence electrons. The average Bonchev–Trinajstić information content (AvgIpc) is 2.40. The van der Waals surface area contributed by atoms with E-state index in [1.54, 1.807) is 6.07 Å². The number of nitrogens with one attached hydrogen (secondary N) is 1. The highest BCUT2D eigenvalue weighted by atomic mass is 79.9. The molecule has 1 aromatic carbocycles. The van der Waals surface area contributed by atoms with E-state index in [2.05, 4.69) is 26.0 Å². The van der Waals surface area contributed by atoms with Gasteiger partial charge in [-0.05, 0) is 46.8 Å². The third-order valence-corrected chi connectivity index (χ3v) is 3.94. The molecule has 1 fully saturated rings. The maximum absolute atomic E-state index is 12.5. The van der Waals surface area contributed by atoms with Crippen molar-refractivity contribution in [2.24, 2.45) is 5.92 Å². The highest BCUT2D eigenvalue weighted by Gasteiger charge is 2.17. The van der Waals surface area contributed by atoms with E-state index in [0.717, 1.165) is 26.1 Å². The smallest absolute Gasteiger partial charge is 0.387 e. The number of benzene rings is 1. The molecule has 1 aliphatic heterocycles. The van der Waals surface area contributed by atoms with Crippen molar-refractivity contribution in [2.75, 3.05) is 25.1 Å². The minimum atomic E-state index is -2.88. The first-order valence-electron chi connectivity index (χ1n) is 6.31. The van der Waals surface area contributed by atoms with E-state index in [-0.39, 0.29) is 5.75 Å². The number of hydrogen-bond acceptors (Lipinski definition) is 3. The third kappa shape index (κ3) is 4.46. The highest BCUT2D eigenvalue weighted by Crippen LogP contribution is 2.37. The van der Waals surface area contributed by atoms with Gasteiger partial charge in [0, 0.05) is 24.8 Å². The Morgan fingerprint density at radius 3 is 2.75 bits per heavy atom. The van der Waals surface area contributed by atoms with E-state index in [1.807, 2.05) is 0 Å². The van der Waals surface area contributed by atoms with Gasteiger partial charge in [-0.15, -0.1) is 0 Å². The predicted octanol–water partition coefficient (Wildman–Crippen LogP) is 4.54. The zero-order valence-corrected chi connectivity index (χ0v) is 13.0. The fraction of sp³-hybridized carbons (Fsp3) is 0.538. The van der Waals surface area contributed by atoms with E-state index in [9.17, 15) is 8.78 Å². The zero-order chi connectivity index (χ0) is 14.5. The maximum atomic E-state index is 12.5. The topological polar surface area (TPSA) is 30.5 Å². The lowest BCUT2D eigenvalue weighted by atomic mass is 10.0. The average molecular weight is 371 g/mol. The second-order valence-corrected chi connectivity index (χ2v) is 5.87. The van der Waals surface area contributed by atoms with Gasteiger partial charge in [-0.2, -0.15) is 8.78 Å². The monoisotopic (exact) mass is 369 g/mol.